The number of hydrogen-bond donors (Lipinski definition) is 1. The third-order valence-corrected chi connectivity index (χ3v) is 2.22. The molecule has 2 atom stereocenters. The number of rotatable bonds is 6. The standard InChI is InChI=1S/C9H19NO/c1-4-6-9(5-2)8(3)10-7-11/h7-9H,4-6H2,1-3H3,(H,10,11). The van der Waals surface area contributed by atoms with Crippen LogP contribution in [0, 0.1) is 5.92 Å². The van der Waals surface area contributed by atoms with Gasteiger partial charge in [-0.15, -0.1) is 0 Å². The summed E-state index contributed by atoms with van der Waals surface area (Å²) in [5.41, 5.74) is 0. The first kappa shape index (κ1) is 10.5. The molecule has 11 heavy (non-hydrogen) atoms. The SMILES string of the molecule is CCCC(CC)C(C)NC=O. The van der Waals surface area contributed by atoms with Crippen molar-refractivity contribution in [2.24, 2.45) is 5.92 Å². The van der Waals surface area contributed by atoms with Gasteiger partial charge in [-0.2, -0.15) is 0 Å². The lowest BCUT2D eigenvalue weighted by Gasteiger charge is -2.20. The monoisotopic (exact) mass is 157 g/mol. The maximum atomic E-state index is 10.1. The lowest BCUT2D eigenvalue weighted by atomic mass is 9.94. The van der Waals surface area contributed by atoms with Crippen molar-refractivity contribution in [2.75, 3.05) is 0 Å². The van der Waals surface area contributed by atoms with E-state index in [-0.39, 0.29) is 0 Å². The topological polar surface area (TPSA) is 29.1 Å². The fourth-order valence-corrected chi connectivity index (χ4v) is 1.42. The van der Waals surface area contributed by atoms with Crippen LogP contribution in [0.5, 0.6) is 0 Å². The third-order valence-electron chi connectivity index (χ3n) is 2.22. The van der Waals surface area contributed by atoms with E-state index in [9.17, 15) is 4.79 Å². The minimum atomic E-state index is 0.331. The molecule has 0 aromatic carbocycles. The highest BCUT2D eigenvalue weighted by Crippen LogP contribution is 2.14. The summed E-state index contributed by atoms with van der Waals surface area (Å²) in [6, 6.07) is 0.331. The van der Waals surface area contributed by atoms with Crippen molar-refractivity contribution in [3.63, 3.8) is 0 Å². The number of carbonyl (C=O) groups is 1. The van der Waals surface area contributed by atoms with E-state index in [1.807, 2.05) is 0 Å². The van der Waals surface area contributed by atoms with Crippen molar-refractivity contribution in [2.45, 2.75) is 46.1 Å². The van der Waals surface area contributed by atoms with Crippen LogP contribution in [0.4, 0.5) is 0 Å². The molecule has 0 rings (SSSR count). The minimum Gasteiger partial charge on any atom is -0.356 e. The third kappa shape index (κ3) is 4.02. The van der Waals surface area contributed by atoms with E-state index in [1.165, 1.54) is 12.8 Å². The average Bonchev–Trinajstić information content (AvgIpc) is 2.00. The quantitative estimate of drug-likeness (QED) is 0.587. The Morgan fingerprint density at radius 3 is 2.45 bits per heavy atom. The first-order valence-corrected chi connectivity index (χ1v) is 4.45. The maximum absolute atomic E-state index is 10.1. The van der Waals surface area contributed by atoms with Crippen LogP contribution in [0.25, 0.3) is 0 Å². The molecule has 2 heteroatoms. The molecule has 0 aliphatic rings. The molecule has 0 heterocycles. The second-order valence-electron chi connectivity index (χ2n) is 3.03. The molecule has 0 aliphatic heterocycles. The Kier molecular flexibility index (Phi) is 5.90. The van der Waals surface area contributed by atoms with E-state index in [4.69, 9.17) is 0 Å². The van der Waals surface area contributed by atoms with Crippen molar-refractivity contribution < 1.29 is 4.79 Å². The number of hydrogen-bond acceptors (Lipinski definition) is 1. The van der Waals surface area contributed by atoms with Gasteiger partial charge < -0.3 is 5.32 Å². The molecule has 0 bridgehead atoms. The number of carbonyl (C=O) groups excluding carboxylic acids is 1. The summed E-state index contributed by atoms with van der Waals surface area (Å²) in [5, 5.41) is 2.80. The zero-order valence-corrected chi connectivity index (χ0v) is 7.76. The van der Waals surface area contributed by atoms with Crippen LogP contribution in [0.2, 0.25) is 0 Å². The minimum absolute atomic E-state index is 0.331. The summed E-state index contributed by atoms with van der Waals surface area (Å²) < 4.78 is 0. The van der Waals surface area contributed by atoms with Crippen molar-refractivity contribution in [3.8, 4) is 0 Å². The lowest BCUT2D eigenvalue weighted by Crippen LogP contribution is -2.32. The molecule has 0 fully saturated rings. The van der Waals surface area contributed by atoms with Gasteiger partial charge in [0.15, 0.2) is 0 Å². The highest BCUT2D eigenvalue weighted by molar-refractivity contribution is 5.46. The fourth-order valence-electron chi connectivity index (χ4n) is 1.42. The van der Waals surface area contributed by atoms with Crippen LogP contribution in [0.15, 0.2) is 0 Å². The lowest BCUT2D eigenvalue weighted by molar-refractivity contribution is -0.110. The Hall–Kier alpha value is -0.530. The van der Waals surface area contributed by atoms with E-state index in [0.29, 0.717) is 12.0 Å². The number of amides is 1. The van der Waals surface area contributed by atoms with E-state index < -0.39 is 0 Å². The molecule has 2 nitrogen and oxygen atoms in total. The van der Waals surface area contributed by atoms with E-state index in [0.717, 1.165) is 12.8 Å². The molecule has 0 saturated heterocycles. The van der Waals surface area contributed by atoms with Crippen LogP contribution in [0.1, 0.15) is 40.0 Å². The maximum Gasteiger partial charge on any atom is 0.207 e. The predicted molar refractivity (Wildman–Crippen MR) is 47.4 cm³/mol. The molecular formula is C9H19NO. The van der Waals surface area contributed by atoms with Gasteiger partial charge in [0.1, 0.15) is 0 Å². The Morgan fingerprint density at radius 1 is 1.45 bits per heavy atom. The second kappa shape index (κ2) is 6.20. The fraction of sp³-hybridized carbons (Fsp3) is 0.889. The Labute approximate surface area is 69.4 Å². The van der Waals surface area contributed by atoms with Gasteiger partial charge >= 0.3 is 0 Å². The highest BCUT2D eigenvalue weighted by Gasteiger charge is 2.12. The van der Waals surface area contributed by atoms with Gasteiger partial charge in [-0.05, 0) is 19.3 Å². The number of nitrogens with one attached hydrogen (secondary N) is 1. The van der Waals surface area contributed by atoms with E-state index >= 15 is 0 Å². The summed E-state index contributed by atoms with van der Waals surface area (Å²) in [6.45, 7) is 6.41. The molecule has 0 aliphatic carbocycles. The van der Waals surface area contributed by atoms with Crippen LogP contribution in [-0.4, -0.2) is 12.5 Å². The van der Waals surface area contributed by atoms with Crippen LogP contribution in [-0.2, 0) is 4.79 Å². The van der Waals surface area contributed by atoms with Gasteiger partial charge in [0, 0.05) is 6.04 Å². The van der Waals surface area contributed by atoms with Crippen molar-refractivity contribution in [3.05, 3.63) is 0 Å². The van der Waals surface area contributed by atoms with Gasteiger partial charge in [0.2, 0.25) is 6.41 Å². The summed E-state index contributed by atoms with van der Waals surface area (Å²) in [4.78, 5) is 10.1. The largest absolute Gasteiger partial charge is 0.356 e. The first-order valence-electron chi connectivity index (χ1n) is 4.45. The van der Waals surface area contributed by atoms with Gasteiger partial charge in [0.25, 0.3) is 0 Å². The van der Waals surface area contributed by atoms with Crippen molar-refractivity contribution in [1.82, 2.24) is 5.32 Å². The van der Waals surface area contributed by atoms with E-state index in [2.05, 4.69) is 26.1 Å². The molecule has 2 unspecified atom stereocenters. The molecule has 0 spiro atoms. The van der Waals surface area contributed by atoms with Crippen molar-refractivity contribution >= 4 is 6.41 Å². The summed E-state index contributed by atoms with van der Waals surface area (Å²) in [6.07, 6.45) is 4.35. The smallest absolute Gasteiger partial charge is 0.207 e. The first-order chi connectivity index (χ1) is 5.26. The molecule has 0 aromatic rings. The molecule has 1 amide bonds. The van der Waals surface area contributed by atoms with Gasteiger partial charge in [0.05, 0.1) is 0 Å². The summed E-state index contributed by atoms with van der Waals surface area (Å²) >= 11 is 0. The molecule has 1 N–H and O–H groups in total. The van der Waals surface area contributed by atoms with Crippen LogP contribution < -0.4 is 5.32 Å². The van der Waals surface area contributed by atoms with E-state index in [1.54, 1.807) is 0 Å². The molecule has 0 saturated carbocycles. The predicted octanol–water partition coefficient (Wildman–Crippen LogP) is 1.95. The van der Waals surface area contributed by atoms with Gasteiger partial charge in [-0.3, -0.25) is 4.79 Å². The highest BCUT2D eigenvalue weighted by atomic mass is 16.1. The summed E-state index contributed by atoms with van der Waals surface area (Å²) in [7, 11) is 0. The second-order valence-corrected chi connectivity index (χ2v) is 3.03. The Morgan fingerprint density at radius 2 is 2.09 bits per heavy atom. The normalized spacial score (nSPS) is 15.5. The zero-order chi connectivity index (χ0) is 8.69. The van der Waals surface area contributed by atoms with Crippen LogP contribution in [0.3, 0.4) is 0 Å². The van der Waals surface area contributed by atoms with Gasteiger partial charge in [-0.1, -0.05) is 26.7 Å². The molecule has 0 radical (unpaired) electrons. The molecular weight excluding hydrogens is 138 g/mol. The van der Waals surface area contributed by atoms with Crippen molar-refractivity contribution in [1.29, 1.82) is 0 Å². The van der Waals surface area contributed by atoms with Crippen LogP contribution >= 0.6 is 0 Å². The Bertz CT molecular complexity index is 104. The average molecular weight is 157 g/mol. The van der Waals surface area contributed by atoms with Gasteiger partial charge in [-0.25, -0.2) is 0 Å². The zero-order valence-electron chi connectivity index (χ0n) is 7.76. The molecule has 66 valence electrons. The Balaban J connectivity index is 3.70. The molecule has 0 aromatic heterocycles. The summed E-state index contributed by atoms with van der Waals surface area (Å²) in [5.74, 6) is 0.644.